The second-order valence-corrected chi connectivity index (χ2v) is 3.06. The Labute approximate surface area is 90.0 Å². The lowest BCUT2D eigenvalue weighted by atomic mass is 10.3. The van der Waals surface area contributed by atoms with Crippen LogP contribution in [0.4, 0.5) is 13.2 Å². The number of aromatic hydroxyl groups is 1. The summed E-state index contributed by atoms with van der Waals surface area (Å²) in [4.78, 5) is 3.23. The lowest BCUT2D eigenvalue weighted by molar-refractivity contribution is -0.276. The minimum absolute atomic E-state index is 0.0953. The van der Waals surface area contributed by atoms with Crippen LogP contribution in [0.3, 0.4) is 0 Å². The van der Waals surface area contributed by atoms with Crippen molar-refractivity contribution < 1.29 is 23.0 Å². The molecule has 0 fully saturated rings. The summed E-state index contributed by atoms with van der Waals surface area (Å²) in [6.07, 6.45) is -4.95. The molecule has 1 aromatic rings. The van der Waals surface area contributed by atoms with E-state index in [-0.39, 0.29) is 10.2 Å². The number of ether oxygens (including phenoxy) is 1. The average Bonchev–Trinajstić information content (AvgIpc) is 2.08. The first-order valence-corrected chi connectivity index (χ1v) is 4.18. The Morgan fingerprint density at radius 2 is 2.13 bits per heavy atom. The molecular formula is C7H2BrF3N2O2. The van der Waals surface area contributed by atoms with E-state index >= 15 is 0 Å². The second kappa shape index (κ2) is 3.94. The molecule has 1 heterocycles. The van der Waals surface area contributed by atoms with Gasteiger partial charge in [0.05, 0.1) is 5.56 Å². The molecule has 0 saturated heterocycles. The van der Waals surface area contributed by atoms with E-state index < -0.39 is 18.0 Å². The van der Waals surface area contributed by atoms with Gasteiger partial charge in [-0.3, -0.25) is 0 Å². The zero-order valence-corrected chi connectivity index (χ0v) is 8.43. The van der Waals surface area contributed by atoms with Crippen molar-refractivity contribution in [2.24, 2.45) is 0 Å². The molecule has 1 N–H and O–H groups in total. The first-order chi connectivity index (χ1) is 6.83. The number of hydrogen-bond acceptors (Lipinski definition) is 4. The largest absolute Gasteiger partial charge is 0.574 e. The lowest BCUT2D eigenvalue weighted by Gasteiger charge is -2.09. The molecule has 0 saturated carbocycles. The average molecular weight is 283 g/mol. The highest BCUT2D eigenvalue weighted by Gasteiger charge is 2.33. The van der Waals surface area contributed by atoms with E-state index in [4.69, 9.17) is 10.4 Å². The molecule has 1 aromatic heterocycles. The van der Waals surface area contributed by atoms with Crippen LogP contribution in [0.2, 0.25) is 0 Å². The number of aromatic nitrogens is 1. The summed E-state index contributed by atoms with van der Waals surface area (Å²) in [6, 6.07) is 2.44. The molecule has 0 atom stereocenters. The summed E-state index contributed by atoms with van der Waals surface area (Å²) in [7, 11) is 0. The molecule has 0 unspecified atom stereocenters. The Balaban J connectivity index is 3.13. The topological polar surface area (TPSA) is 66.1 Å². The van der Waals surface area contributed by atoms with Crippen molar-refractivity contribution in [2.75, 3.05) is 0 Å². The van der Waals surface area contributed by atoms with Crippen LogP contribution in [0.1, 0.15) is 5.56 Å². The molecule has 0 aliphatic rings. The van der Waals surface area contributed by atoms with Crippen molar-refractivity contribution in [3.05, 3.63) is 16.2 Å². The highest BCUT2D eigenvalue weighted by Crippen LogP contribution is 2.32. The number of pyridine rings is 1. The standard InChI is InChI=1S/C7H2BrF3N2O2/c8-5-3(2-12)1-4(14)6(13-5)15-7(9,10)11/h1,14H. The predicted molar refractivity (Wildman–Crippen MR) is 45.0 cm³/mol. The maximum atomic E-state index is 11.8. The van der Waals surface area contributed by atoms with Crippen LogP contribution in [-0.4, -0.2) is 16.5 Å². The summed E-state index contributed by atoms with van der Waals surface area (Å²) in [5, 5.41) is 17.5. The minimum atomic E-state index is -4.95. The summed E-state index contributed by atoms with van der Waals surface area (Å²) in [5.74, 6) is -1.86. The Morgan fingerprint density at radius 3 is 2.60 bits per heavy atom. The normalized spacial score (nSPS) is 10.9. The van der Waals surface area contributed by atoms with Gasteiger partial charge < -0.3 is 9.84 Å². The molecule has 0 bridgehead atoms. The number of alkyl halides is 3. The van der Waals surface area contributed by atoms with Crippen LogP contribution in [0, 0.1) is 11.3 Å². The quantitative estimate of drug-likeness (QED) is 0.803. The van der Waals surface area contributed by atoms with Gasteiger partial charge in [-0.2, -0.15) is 5.26 Å². The summed E-state index contributed by atoms with van der Waals surface area (Å²) in [6.45, 7) is 0. The van der Waals surface area contributed by atoms with Crippen LogP contribution in [0.5, 0.6) is 11.6 Å². The van der Waals surface area contributed by atoms with Gasteiger partial charge in [0.2, 0.25) is 0 Å². The van der Waals surface area contributed by atoms with Gasteiger partial charge in [-0.25, -0.2) is 4.98 Å². The molecule has 80 valence electrons. The van der Waals surface area contributed by atoms with Crippen LogP contribution in [0.25, 0.3) is 0 Å². The Kier molecular flexibility index (Phi) is 3.04. The van der Waals surface area contributed by atoms with E-state index in [0.29, 0.717) is 0 Å². The zero-order valence-electron chi connectivity index (χ0n) is 6.84. The van der Waals surface area contributed by atoms with Crippen molar-refractivity contribution in [1.29, 1.82) is 5.26 Å². The fourth-order valence-corrected chi connectivity index (χ4v) is 1.09. The van der Waals surface area contributed by atoms with E-state index in [9.17, 15) is 13.2 Å². The van der Waals surface area contributed by atoms with Gasteiger partial charge in [0, 0.05) is 6.07 Å². The number of hydrogen-bond donors (Lipinski definition) is 1. The molecule has 8 heteroatoms. The number of nitriles is 1. The van der Waals surface area contributed by atoms with Crippen LogP contribution in [0.15, 0.2) is 10.7 Å². The third-order valence-corrected chi connectivity index (χ3v) is 1.86. The Morgan fingerprint density at radius 1 is 1.53 bits per heavy atom. The highest BCUT2D eigenvalue weighted by atomic mass is 79.9. The number of rotatable bonds is 1. The molecule has 0 radical (unpaired) electrons. The van der Waals surface area contributed by atoms with E-state index in [1.807, 2.05) is 0 Å². The second-order valence-electron chi connectivity index (χ2n) is 2.31. The molecule has 15 heavy (non-hydrogen) atoms. The van der Waals surface area contributed by atoms with Gasteiger partial charge in [-0.1, -0.05) is 0 Å². The third kappa shape index (κ3) is 2.99. The molecule has 0 aromatic carbocycles. The molecule has 0 spiro atoms. The lowest BCUT2D eigenvalue weighted by Crippen LogP contribution is -2.18. The van der Waals surface area contributed by atoms with Crippen LogP contribution in [-0.2, 0) is 0 Å². The fourth-order valence-electron chi connectivity index (χ4n) is 0.728. The molecule has 0 aliphatic heterocycles. The molecule has 0 aliphatic carbocycles. The van der Waals surface area contributed by atoms with Gasteiger partial charge in [0.1, 0.15) is 10.7 Å². The number of nitrogens with zero attached hydrogens (tertiary/aromatic N) is 2. The first kappa shape index (κ1) is 11.6. The van der Waals surface area contributed by atoms with E-state index in [1.165, 1.54) is 0 Å². The van der Waals surface area contributed by atoms with Crippen molar-refractivity contribution in [3.63, 3.8) is 0 Å². The third-order valence-electron chi connectivity index (χ3n) is 1.25. The van der Waals surface area contributed by atoms with Crippen molar-refractivity contribution >= 4 is 15.9 Å². The van der Waals surface area contributed by atoms with Gasteiger partial charge >= 0.3 is 6.36 Å². The van der Waals surface area contributed by atoms with Crippen molar-refractivity contribution in [2.45, 2.75) is 6.36 Å². The maximum Gasteiger partial charge on any atom is 0.574 e. The highest BCUT2D eigenvalue weighted by molar-refractivity contribution is 9.10. The van der Waals surface area contributed by atoms with Crippen LogP contribution >= 0.6 is 15.9 Å². The Bertz CT molecular complexity index is 427. The molecule has 0 amide bonds. The maximum absolute atomic E-state index is 11.8. The van der Waals surface area contributed by atoms with Gasteiger partial charge in [-0.15, -0.1) is 13.2 Å². The monoisotopic (exact) mass is 282 g/mol. The Hall–Kier alpha value is -1.49. The molecule has 1 rings (SSSR count). The van der Waals surface area contributed by atoms with Gasteiger partial charge in [0.15, 0.2) is 5.75 Å². The molecule has 4 nitrogen and oxygen atoms in total. The summed E-state index contributed by atoms with van der Waals surface area (Å²) >= 11 is 2.76. The minimum Gasteiger partial charge on any atom is -0.503 e. The summed E-state index contributed by atoms with van der Waals surface area (Å²) in [5.41, 5.74) is -0.0953. The first-order valence-electron chi connectivity index (χ1n) is 3.39. The van der Waals surface area contributed by atoms with Crippen molar-refractivity contribution in [1.82, 2.24) is 4.98 Å². The predicted octanol–water partition coefficient (Wildman–Crippen LogP) is 2.32. The van der Waals surface area contributed by atoms with E-state index in [0.717, 1.165) is 6.07 Å². The molecular weight excluding hydrogens is 281 g/mol. The number of halogens is 4. The van der Waals surface area contributed by atoms with E-state index in [2.05, 4.69) is 25.7 Å². The van der Waals surface area contributed by atoms with Crippen molar-refractivity contribution in [3.8, 4) is 17.7 Å². The van der Waals surface area contributed by atoms with Crippen LogP contribution < -0.4 is 4.74 Å². The smallest absolute Gasteiger partial charge is 0.503 e. The fraction of sp³-hybridized carbons (Fsp3) is 0.143. The zero-order chi connectivity index (χ0) is 11.6. The SMILES string of the molecule is N#Cc1cc(O)c(OC(F)(F)F)nc1Br. The summed E-state index contributed by atoms with van der Waals surface area (Å²) < 4.78 is 38.6. The van der Waals surface area contributed by atoms with Gasteiger partial charge in [-0.05, 0) is 15.9 Å². The van der Waals surface area contributed by atoms with E-state index in [1.54, 1.807) is 6.07 Å². The van der Waals surface area contributed by atoms with Gasteiger partial charge in [0.25, 0.3) is 5.88 Å².